The van der Waals surface area contributed by atoms with Gasteiger partial charge in [-0.1, -0.05) is 6.92 Å². The molecule has 3 nitrogen and oxygen atoms in total. The molecule has 76 valence electrons. The van der Waals surface area contributed by atoms with Crippen LogP contribution in [0.1, 0.15) is 32.6 Å². The third kappa shape index (κ3) is 1.73. The quantitative estimate of drug-likeness (QED) is 0.614. The van der Waals surface area contributed by atoms with Crippen LogP contribution in [0.4, 0.5) is 0 Å². The molecular weight excluding hydrogens is 162 g/mol. The first-order chi connectivity index (χ1) is 6.05. The lowest BCUT2D eigenvalue weighted by atomic mass is 9.69. The number of hydrogen-bond donors (Lipinski definition) is 2. The molecule has 2 rings (SSSR count). The lowest BCUT2D eigenvalue weighted by Crippen LogP contribution is -2.68. The number of rotatable bonds is 1. The molecular formula is C10H21N3. The van der Waals surface area contributed by atoms with Gasteiger partial charge < -0.3 is 11.5 Å². The molecule has 2 bridgehead atoms. The minimum absolute atomic E-state index is 0.0151. The fraction of sp³-hybridized carbons (Fsp3) is 1.00. The van der Waals surface area contributed by atoms with Crippen molar-refractivity contribution in [3.63, 3.8) is 0 Å². The highest BCUT2D eigenvalue weighted by atomic mass is 15.2. The molecule has 0 aromatic carbocycles. The Morgan fingerprint density at radius 1 is 1.15 bits per heavy atom. The van der Waals surface area contributed by atoms with Crippen molar-refractivity contribution in [3.05, 3.63) is 0 Å². The summed E-state index contributed by atoms with van der Waals surface area (Å²) in [5, 5.41) is 0. The average molecular weight is 183 g/mol. The van der Waals surface area contributed by atoms with Gasteiger partial charge in [-0.2, -0.15) is 0 Å². The van der Waals surface area contributed by atoms with E-state index in [-0.39, 0.29) is 11.1 Å². The van der Waals surface area contributed by atoms with Gasteiger partial charge in [0.1, 0.15) is 0 Å². The third-order valence-corrected chi connectivity index (χ3v) is 3.58. The van der Waals surface area contributed by atoms with Crippen molar-refractivity contribution in [3.8, 4) is 0 Å². The molecule has 4 N–H and O–H groups in total. The van der Waals surface area contributed by atoms with Gasteiger partial charge in [-0.25, -0.2) is 0 Å². The lowest BCUT2D eigenvalue weighted by molar-refractivity contribution is 0.0479. The lowest BCUT2D eigenvalue weighted by Gasteiger charge is -2.52. The summed E-state index contributed by atoms with van der Waals surface area (Å²) in [4.78, 5) is 2.41. The van der Waals surface area contributed by atoms with Gasteiger partial charge in [0.15, 0.2) is 0 Å². The predicted molar refractivity (Wildman–Crippen MR) is 54.4 cm³/mol. The van der Waals surface area contributed by atoms with Gasteiger partial charge in [-0.05, 0) is 32.2 Å². The summed E-state index contributed by atoms with van der Waals surface area (Å²) in [6.07, 6.45) is 4.55. The first-order valence-electron chi connectivity index (χ1n) is 5.35. The number of likely N-dealkylation sites (tertiary alicyclic amines) is 1. The molecule has 1 saturated heterocycles. The summed E-state index contributed by atoms with van der Waals surface area (Å²) in [6.45, 7) is 5.36. The van der Waals surface area contributed by atoms with Crippen molar-refractivity contribution in [2.45, 2.75) is 43.7 Å². The van der Waals surface area contributed by atoms with E-state index in [1.807, 2.05) is 0 Å². The minimum Gasteiger partial charge on any atom is -0.324 e. The topological polar surface area (TPSA) is 55.3 Å². The molecule has 0 spiro atoms. The molecule has 2 fully saturated rings. The SMILES string of the molecule is CCN1CC2(N)CCCC(N)(C1)C2. The van der Waals surface area contributed by atoms with Crippen molar-refractivity contribution < 1.29 is 0 Å². The molecule has 2 unspecified atom stereocenters. The van der Waals surface area contributed by atoms with Gasteiger partial charge in [0.05, 0.1) is 0 Å². The van der Waals surface area contributed by atoms with Crippen LogP contribution in [-0.4, -0.2) is 35.6 Å². The van der Waals surface area contributed by atoms with Crippen LogP contribution >= 0.6 is 0 Å². The molecule has 0 aromatic rings. The standard InChI is InChI=1S/C10H21N3/c1-2-13-7-9(11)4-3-5-10(12,6-9)8-13/h2-8,11-12H2,1H3. The largest absolute Gasteiger partial charge is 0.324 e. The Morgan fingerprint density at radius 3 is 2.15 bits per heavy atom. The molecule has 1 heterocycles. The maximum Gasteiger partial charge on any atom is 0.0301 e. The van der Waals surface area contributed by atoms with Gasteiger partial charge >= 0.3 is 0 Å². The monoisotopic (exact) mass is 183 g/mol. The van der Waals surface area contributed by atoms with Crippen LogP contribution in [0.2, 0.25) is 0 Å². The van der Waals surface area contributed by atoms with E-state index >= 15 is 0 Å². The Hall–Kier alpha value is -0.120. The first-order valence-corrected chi connectivity index (χ1v) is 5.35. The van der Waals surface area contributed by atoms with Crippen LogP contribution in [0.15, 0.2) is 0 Å². The molecule has 3 heteroatoms. The number of hydrogen-bond acceptors (Lipinski definition) is 3. The summed E-state index contributed by atoms with van der Waals surface area (Å²) in [5.74, 6) is 0. The summed E-state index contributed by atoms with van der Waals surface area (Å²) in [5.41, 5.74) is 12.7. The maximum atomic E-state index is 6.33. The highest BCUT2D eigenvalue weighted by Crippen LogP contribution is 2.37. The fourth-order valence-corrected chi connectivity index (χ4v) is 3.11. The van der Waals surface area contributed by atoms with Crippen LogP contribution < -0.4 is 11.5 Å². The normalized spacial score (nSPS) is 46.4. The van der Waals surface area contributed by atoms with E-state index in [4.69, 9.17) is 11.5 Å². The Kier molecular flexibility index (Phi) is 2.13. The van der Waals surface area contributed by atoms with Crippen LogP contribution in [-0.2, 0) is 0 Å². The van der Waals surface area contributed by atoms with Crippen molar-refractivity contribution >= 4 is 0 Å². The summed E-state index contributed by atoms with van der Waals surface area (Å²) >= 11 is 0. The zero-order valence-electron chi connectivity index (χ0n) is 8.55. The molecule has 1 aliphatic heterocycles. The second-order valence-electron chi connectivity index (χ2n) is 5.06. The van der Waals surface area contributed by atoms with E-state index in [0.29, 0.717) is 0 Å². The number of nitrogens with two attached hydrogens (primary N) is 2. The highest BCUT2D eigenvalue weighted by Gasteiger charge is 2.45. The fourth-order valence-electron chi connectivity index (χ4n) is 3.11. The van der Waals surface area contributed by atoms with Crippen LogP contribution in [0.25, 0.3) is 0 Å². The minimum atomic E-state index is 0.0151. The summed E-state index contributed by atoms with van der Waals surface area (Å²) < 4.78 is 0. The van der Waals surface area contributed by atoms with E-state index < -0.39 is 0 Å². The van der Waals surface area contributed by atoms with Gasteiger partial charge in [0.25, 0.3) is 0 Å². The highest BCUT2D eigenvalue weighted by molar-refractivity contribution is 5.07. The second kappa shape index (κ2) is 2.94. The Bertz CT molecular complexity index is 188. The Morgan fingerprint density at radius 2 is 1.69 bits per heavy atom. The van der Waals surface area contributed by atoms with Gasteiger partial charge in [0.2, 0.25) is 0 Å². The predicted octanol–water partition coefficient (Wildman–Crippen LogP) is 0.291. The average Bonchev–Trinajstić information content (AvgIpc) is 2.00. The first kappa shape index (κ1) is 9.44. The van der Waals surface area contributed by atoms with Crippen molar-refractivity contribution in [1.29, 1.82) is 0 Å². The zero-order valence-corrected chi connectivity index (χ0v) is 8.55. The van der Waals surface area contributed by atoms with Crippen LogP contribution in [0.5, 0.6) is 0 Å². The van der Waals surface area contributed by atoms with Crippen LogP contribution in [0, 0.1) is 0 Å². The number of nitrogens with zero attached hydrogens (tertiary/aromatic N) is 1. The third-order valence-electron chi connectivity index (χ3n) is 3.58. The van der Waals surface area contributed by atoms with Crippen LogP contribution in [0.3, 0.4) is 0 Å². The van der Waals surface area contributed by atoms with Crippen molar-refractivity contribution in [2.75, 3.05) is 19.6 Å². The van der Waals surface area contributed by atoms with E-state index in [2.05, 4.69) is 11.8 Å². The molecule has 2 atom stereocenters. The second-order valence-corrected chi connectivity index (χ2v) is 5.06. The summed E-state index contributed by atoms with van der Waals surface area (Å²) in [6, 6.07) is 0. The Labute approximate surface area is 80.5 Å². The van der Waals surface area contributed by atoms with E-state index in [9.17, 15) is 0 Å². The summed E-state index contributed by atoms with van der Waals surface area (Å²) in [7, 11) is 0. The zero-order chi connectivity index (χ0) is 9.53. The molecule has 2 aliphatic rings. The maximum absolute atomic E-state index is 6.33. The molecule has 0 radical (unpaired) electrons. The Balaban J connectivity index is 2.15. The number of piperidine rings is 1. The van der Waals surface area contributed by atoms with Gasteiger partial charge in [0, 0.05) is 24.2 Å². The molecule has 13 heavy (non-hydrogen) atoms. The smallest absolute Gasteiger partial charge is 0.0301 e. The van der Waals surface area contributed by atoms with Gasteiger partial charge in [-0.15, -0.1) is 0 Å². The van der Waals surface area contributed by atoms with Crippen molar-refractivity contribution in [2.24, 2.45) is 11.5 Å². The van der Waals surface area contributed by atoms with Crippen molar-refractivity contribution in [1.82, 2.24) is 4.90 Å². The molecule has 1 saturated carbocycles. The number of fused-ring (bicyclic) bond motifs is 2. The number of likely N-dealkylation sites (N-methyl/N-ethyl adjacent to an activating group) is 1. The van der Waals surface area contributed by atoms with E-state index in [1.165, 1.54) is 6.42 Å². The van der Waals surface area contributed by atoms with E-state index in [1.54, 1.807) is 0 Å². The van der Waals surface area contributed by atoms with E-state index in [0.717, 1.165) is 38.9 Å². The molecule has 1 aliphatic carbocycles. The molecule has 0 aromatic heterocycles. The molecule has 0 amide bonds. The van der Waals surface area contributed by atoms with Gasteiger partial charge in [-0.3, -0.25) is 4.90 Å².